The SMILES string of the molecule is CN(C)C(CNC(=O)c1nn(-c2ccc(F)cc2)c2c1CCC2)c1ccsc1. The fourth-order valence-corrected chi connectivity index (χ4v) is 4.46. The first-order valence-electron chi connectivity index (χ1n) is 9.38. The van der Waals surface area contributed by atoms with Crippen LogP contribution in [0.25, 0.3) is 5.69 Å². The van der Waals surface area contributed by atoms with E-state index in [1.165, 1.54) is 17.7 Å². The van der Waals surface area contributed by atoms with Gasteiger partial charge in [-0.3, -0.25) is 4.79 Å². The number of amides is 1. The highest BCUT2D eigenvalue weighted by molar-refractivity contribution is 7.07. The van der Waals surface area contributed by atoms with Crippen LogP contribution in [-0.4, -0.2) is 41.2 Å². The summed E-state index contributed by atoms with van der Waals surface area (Å²) in [5.41, 5.74) is 4.53. The number of fused-ring (bicyclic) bond motifs is 1. The van der Waals surface area contributed by atoms with Gasteiger partial charge in [-0.1, -0.05) is 0 Å². The fourth-order valence-electron chi connectivity index (χ4n) is 3.75. The standard InChI is InChI=1S/C21H23FN4OS/c1-25(2)19(14-10-11-28-13-14)12-23-21(27)20-17-4-3-5-18(17)26(24-20)16-8-6-15(22)7-9-16/h6-11,13,19H,3-5,12H2,1-2H3,(H,23,27). The van der Waals surface area contributed by atoms with Crippen molar-refractivity contribution in [2.24, 2.45) is 0 Å². The summed E-state index contributed by atoms with van der Waals surface area (Å²) in [5.74, 6) is -0.435. The molecule has 2 heterocycles. The van der Waals surface area contributed by atoms with Crippen molar-refractivity contribution >= 4 is 17.2 Å². The quantitative estimate of drug-likeness (QED) is 0.690. The van der Waals surface area contributed by atoms with Gasteiger partial charge < -0.3 is 10.2 Å². The molecule has 146 valence electrons. The molecule has 3 aromatic rings. The van der Waals surface area contributed by atoms with Crippen molar-refractivity contribution in [1.29, 1.82) is 0 Å². The van der Waals surface area contributed by atoms with Crippen molar-refractivity contribution in [1.82, 2.24) is 20.0 Å². The number of hydrogen-bond acceptors (Lipinski definition) is 4. The highest BCUT2D eigenvalue weighted by atomic mass is 32.1. The van der Waals surface area contributed by atoms with E-state index in [9.17, 15) is 9.18 Å². The normalized spacial score (nSPS) is 14.3. The lowest BCUT2D eigenvalue weighted by Gasteiger charge is -2.23. The number of thiophene rings is 1. The molecule has 1 unspecified atom stereocenters. The maximum atomic E-state index is 13.3. The largest absolute Gasteiger partial charge is 0.349 e. The van der Waals surface area contributed by atoms with Crippen LogP contribution in [0.3, 0.4) is 0 Å². The molecule has 7 heteroatoms. The van der Waals surface area contributed by atoms with Gasteiger partial charge in [0.05, 0.1) is 11.7 Å². The van der Waals surface area contributed by atoms with Gasteiger partial charge in [-0.25, -0.2) is 9.07 Å². The Labute approximate surface area is 167 Å². The molecule has 0 aliphatic heterocycles. The van der Waals surface area contributed by atoms with Gasteiger partial charge in [-0.2, -0.15) is 16.4 Å². The van der Waals surface area contributed by atoms with E-state index in [1.54, 1.807) is 28.2 Å². The summed E-state index contributed by atoms with van der Waals surface area (Å²) in [6, 6.07) is 8.43. The molecule has 0 saturated heterocycles. The van der Waals surface area contributed by atoms with Crippen LogP contribution in [0.2, 0.25) is 0 Å². The Morgan fingerprint density at radius 2 is 2.07 bits per heavy atom. The first kappa shape index (κ1) is 18.8. The molecule has 0 saturated carbocycles. The molecule has 1 aliphatic rings. The van der Waals surface area contributed by atoms with Crippen LogP contribution in [0.15, 0.2) is 41.1 Å². The number of carbonyl (C=O) groups is 1. The van der Waals surface area contributed by atoms with Crippen LogP contribution in [0.1, 0.15) is 39.8 Å². The maximum Gasteiger partial charge on any atom is 0.272 e. The highest BCUT2D eigenvalue weighted by Gasteiger charge is 2.27. The predicted molar refractivity (Wildman–Crippen MR) is 109 cm³/mol. The van der Waals surface area contributed by atoms with Crippen LogP contribution in [0, 0.1) is 5.82 Å². The summed E-state index contributed by atoms with van der Waals surface area (Å²) in [5, 5.41) is 11.8. The van der Waals surface area contributed by atoms with Crippen LogP contribution >= 0.6 is 11.3 Å². The van der Waals surface area contributed by atoms with E-state index >= 15 is 0 Å². The van der Waals surface area contributed by atoms with E-state index < -0.39 is 0 Å². The average Bonchev–Trinajstić information content (AvgIpc) is 3.40. The highest BCUT2D eigenvalue weighted by Crippen LogP contribution is 2.28. The number of halogens is 1. The minimum atomic E-state index is -0.284. The Balaban J connectivity index is 1.56. The predicted octanol–water partition coefficient (Wildman–Crippen LogP) is 3.59. The lowest BCUT2D eigenvalue weighted by Crippen LogP contribution is -2.35. The van der Waals surface area contributed by atoms with E-state index in [0.717, 1.165) is 36.2 Å². The van der Waals surface area contributed by atoms with Crippen LogP contribution in [0.4, 0.5) is 4.39 Å². The number of rotatable bonds is 6. The third-order valence-corrected chi connectivity index (χ3v) is 5.93. The van der Waals surface area contributed by atoms with E-state index in [1.807, 2.05) is 19.5 Å². The number of hydrogen-bond donors (Lipinski definition) is 1. The van der Waals surface area contributed by atoms with Crippen molar-refractivity contribution in [3.8, 4) is 5.69 Å². The molecule has 0 fully saturated rings. The van der Waals surface area contributed by atoms with Gasteiger partial charge in [0.15, 0.2) is 5.69 Å². The second-order valence-corrected chi connectivity index (χ2v) is 8.04. The lowest BCUT2D eigenvalue weighted by atomic mass is 10.1. The Morgan fingerprint density at radius 1 is 1.29 bits per heavy atom. The molecule has 4 rings (SSSR count). The fraction of sp³-hybridized carbons (Fsp3) is 0.333. The monoisotopic (exact) mass is 398 g/mol. The van der Waals surface area contributed by atoms with Gasteiger partial charge in [0.2, 0.25) is 0 Å². The number of likely N-dealkylation sites (N-methyl/N-ethyl adjacent to an activating group) is 1. The number of aromatic nitrogens is 2. The summed E-state index contributed by atoms with van der Waals surface area (Å²) in [6.45, 7) is 0.515. The maximum absolute atomic E-state index is 13.3. The zero-order valence-electron chi connectivity index (χ0n) is 16.0. The number of carbonyl (C=O) groups excluding carboxylic acids is 1. The molecule has 1 amide bonds. The molecule has 5 nitrogen and oxygen atoms in total. The molecule has 0 radical (unpaired) electrons. The van der Waals surface area contributed by atoms with E-state index in [4.69, 9.17) is 0 Å². The summed E-state index contributed by atoms with van der Waals surface area (Å²) in [7, 11) is 4.02. The average molecular weight is 399 g/mol. The van der Waals surface area contributed by atoms with Crippen molar-refractivity contribution < 1.29 is 9.18 Å². The Hall–Kier alpha value is -2.51. The second-order valence-electron chi connectivity index (χ2n) is 7.26. The van der Waals surface area contributed by atoms with E-state index in [-0.39, 0.29) is 17.8 Å². The van der Waals surface area contributed by atoms with Crippen LogP contribution < -0.4 is 5.32 Å². The Bertz CT molecular complexity index is 963. The van der Waals surface area contributed by atoms with E-state index in [2.05, 4.69) is 26.8 Å². The number of nitrogens with zero attached hydrogens (tertiary/aromatic N) is 3. The summed E-state index contributed by atoms with van der Waals surface area (Å²) in [6.07, 6.45) is 2.73. The zero-order chi connectivity index (χ0) is 19.7. The molecule has 2 aromatic heterocycles. The summed E-state index contributed by atoms with van der Waals surface area (Å²) in [4.78, 5) is 15.0. The van der Waals surface area contributed by atoms with Gasteiger partial charge in [-0.15, -0.1) is 0 Å². The van der Waals surface area contributed by atoms with E-state index in [0.29, 0.717) is 12.2 Å². The third kappa shape index (κ3) is 3.59. The van der Waals surface area contributed by atoms with Crippen molar-refractivity contribution in [3.63, 3.8) is 0 Å². The van der Waals surface area contributed by atoms with Crippen molar-refractivity contribution in [2.45, 2.75) is 25.3 Å². The molecular formula is C21H23FN4OS. The van der Waals surface area contributed by atoms with Gasteiger partial charge in [0.1, 0.15) is 5.82 Å². The van der Waals surface area contributed by atoms with Crippen LogP contribution in [0.5, 0.6) is 0 Å². The Kier molecular flexibility index (Phi) is 5.28. The summed E-state index contributed by atoms with van der Waals surface area (Å²) >= 11 is 1.65. The molecule has 28 heavy (non-hydrogen) atoms. The first-order chi connectivity index (χ1) is 13.5. The van der Waals surface area contributed by atoms with Crippen molar-refractivity contribution in [2.75, 3.05) is 20.6 Å². The Morgan fingerprint density at radius 3 is 2.75 bits per heavy atom. The smallest absolute Gasteiger partial charge is 0.272 e. The van der Waals surface area contributed by atoms with Crippen LogP contribution in [-0.2, 0) is 12.8 Å². The molecule has 0 bridgehead atoms. The topological polar surface area (TPSA) is 50.2 Å². The molecule has 1 atom stereocenters. The van der Waals surface area contributed by atoms with Gasteiger partial charge >= 0.3 is 0 Å². The third-order valence-electron chi connectivity index (χ3n) is 5.22. The molecule has 0 spiro atoms. The number of nitrogens with one attached hydrogen (secondary N) is 1. The van der Waals surface area contributed by atoms with Gasteiger partial charge in [-0.05, 0) is 80.0 Å². The zero-order valence-corrected chi connectivity index (χ0v) is 16.8. The van der Waals surface area contributed by atoms with Gasteiger partial charge in [0, 0.05) is 17.8 Å². The first-order valence-corrected chi connectivity index (χ1v) is 10.3. The second kappa shape index (κ2) is 7.85. The molecule has 1 N–H and O–H groups in total. The van der Waals surface area contributed by atoms with Gasteiger partial charge in [0.25, 0.3) is 5.91 Å². The molecule has 1 aliphatic carbocycles. The lowest BCUT2D eigenvalue weighted by molar-refractivity contribution is 0.0935. The molecular weight excluding hydrogens is 375 g/mol. The minimum absolute atomic E-state index is 0.113. The molecule has 1 aromatic carbocycles. The summed E-state index contributed by atoms with van der Waals surface area (Å²) < 4.78 is 15.1. The van der Waals surface area contributed by atoms with Crippen molar-refractivity contribution in [3.05, 3.63) is 69.4 Å². The number of benzene rings is 1. The minimum Gasteiger partial charge on any atom is -0.349 e.